The van der Waals surface area contributed by atoms with Gasteiger partial charge in [0.15, 0.2) is 0 Å². The Morgan fingerprint density at radius 3 is 2.56 bits per heavy atom. The zero-order valence-electron chi connectivity index (χ0n) is 10.5. The van der Waals surface area contributed by atoms with Crippen molar-refractivity contribution < 1.29 is 12.6 Å². The highest BCUT2D eigenvalue weighted by molar-refractivity contribution is 7.86. The molecule has 0 N–H and O–H groups in total. The van der Waals surface area contributed by atoms with Gasteiger partial charge in [-0.3, -0.25) is 4.18 Å². The minimum Gasteiger partial charge on any atom is -0.267 e. The Bertz CT molecular complexity index is 615. The van der Waals surface area contributed by atoms with Gasteiger partial charge in [0.25, 0.3) is 10.1 Å². The summed E-state index contributed by atoms with van der Waals surface area (Å²) in [5, 5.41) is 0.896. The van der Waals surface area contributed by atoms with Crippen LogP contribution < -0.4 is 0 Å². The molecule has 2 rings (SSSR count). The first-order valence-electron chi connectivity index (χ1n) is 5.60. The molecule has 98 valence electrons. The average molecular weight is 285 g/mol. The second kappa shape index (κ2) is 4.95. The summed E-state index contributed by atoms with van der Waals surface area (Å²) in [5.74, 6) is -0.0582. The van der Waals surface area contributed by atoms with E-state index >= 15 is 0 Å². The third kappa shape index (κ3) is 3.07. The van der Waals surface area contributed by atoms with Crippen molar-refractivity contribution in [2.45, 2.75) is 25.9 Å². The molecule has 2 aromatic rings. The van der Waals surface area contributed by atoms with Gasteiger partial charge < -0.3 is 0 Å². The van der Waals surface area contributed by atoms with Crippen LogP contribution in [0.25, 0.3) is 10.2 Å². The summed E-state index contributed by atoms with van der Waals surface area (Å²) in [5.41, 5.74) is 0.941. The van der Waals surface area contributed by atoms with Gasteiger partial charge >= 0.3 is 0 Å². The molecule has 18 heavy (non-hydrogen) atoms. The third-order valence-electron chi connectivity index (χ3n) is 2.73. The third-order valence-corrected chi connectivity index (χ3v) is 4.62. The lowest BCUT2D eigenvalue weighted by Gasteiger charge is -2.16. The zero-order chi connectivity index (χ0) is 13.3. The van der Waals surface area contributed by atoms with Crippen LogP contribution in [0.1, 0.15) is 24.8 Å². The SMILES string of the molecule is C[C@@H](OS(C)(=O)=O)[C@@H](C)c1nc2ccccc2s1. The summed E-state index contributed by atoms with van der Waals surface area (Å²) >= 11 is 1.57. The quantitative estimate of drug-likeness (QED) is 0.811. The van der Waals surface area contributed by atoms with Crippen molar-refractivity contribution in [1.82, 2.24) is 4.98 Å². The fourth-order valence-corrected chi connectivity index (χ4v) is 3.47. The van der Waals surface area contributed by atoms with Crippen LogP contribution in [-0.4, -0.2) is 25.8 Å². The van der Waals surface area contributed by atoms with Crippen LogP contribution >= 0.6 is 11.3 Å². The van der Waals surface area contributed by atoms with E-state index in [0.717, 1.165) is 21.5 Å². The van der Waals surface area contributed by atoms with E-state index in [9.17, 15) is 8.42 Å². The summed E-state index contributed by atoms with van der Waals surface area (Å²) < 4.78 is 28.3. The number of fused-ring (bicyclic) bond motifs is 1. The number of aromatic nitrogens is 1. The largest absolute Gasteiger partial charge is 0.267 e. The highest BCUT2D eigenvalue weighted by Gasteiger charge is 2.22. The van der Waals surface area contributed by atoms with Crippen LogP contribution in [0.15, 0.2) is 24.3 Å². The number of thiazole rings is 1. The molecule has 1 aromatic carbocycles. The Kier molecular flexibility index (Phi) is 3.70. The summed E-state index contributed by atoms with van der Waals surface area (Å²) in [6, 6.07) is 7.85. The van der Waals surface area contributed by atoms with Gasteiger partial charge in [-0.25, -0.2) is 4.98 Å². The van der Waals surface area contributed by atoms with Gasteiger partial charge in [0, 0.05) is 5.92 Å². The second-order valence-corrected chi connectivity index (χ2v) is 6.98. The number of benzene rings is 1. The van der Waals surface area contributed by atoms with Crippen molar-refractivity contribution in [1.29, 1.82) is 0 Å². The van der Waals surface area contributed by atoms with Crippen molar-refractivity contribution in [2.24, 2.45) is 0 Å². The number of nitrogens with zero attached hydrogens (tertiary/aromatic N) is 1. The molecule has 0 amide bonds. The number of hydrogen-bond donors (Lipinski definition) is 0. The minimum atomic E-state index is -3.43. The summed E-state index contributed by atoms with van der Waals surface area (Å²) in [6.45, 7) is 3.67. The molecular formula is C12H15NO3S2. The molecule has 0 radical (unpaired) electrons. The fraction of sp³-hybridized carbons (Fsp3) is 0.417. The molecule has 0 unspecified atom stereocenters. The van der Waals surface area contributed by atoms with Crippen molar-refractivity contribution in [3.8, 4) is 0 Å². The van der Waals surface area contributed by atoms with Crippen LogP contribution in [0.2, 0.25) is 0 Å². The average Bonchev–Trinajstić information content (AvgIpc) is 2.68. The molecule has 0 saturated carbocycles. The topological polar surface area (TPSA) is 56.3 Å². The molecule has 4 nitrogen and oxygen atoms in total. The van der Waals surface area contributed by atoms with Crippen LogP contribution in [-0.2, 0) is 14.3 Å². The molecule has 0 spiro atoms. The van der Waals surface area contributed by atoms with Gasteiger partial charge in [0.05, 0.1) is 27.6 Å². The normalized spacial score (nSPS) is 15.7. The van der Waals surface area contributed by atoms with E-state index in [1.54, 1.807) is 18.3 Å². The minimum absolute atomic E-state index is 0.0582. The Morgan fingerprint density at radius 1 is 1.28 bits per heavy atom. The van der Waals surface area contributed by atoms with Crippen molar-refractivity contribution in [3.63, 3.8) is 0 Å². The lowest BCUT2D eigenvalue weighted by atomic mass is 10.1. The first-order valence-corrected chi connectivity index (χ1v) is 8.24. The number of rotatable bonds is 4. The molecule has 1 heterocycles. The van der Waals surface area contributed by atoms with Gasteiger partial charge in [-0.2, -0.15) is 8.42 Å². The van der Waals surface area contributed by atoms with E-state index < -0.39 is 16.2 Å². The van der Waals surface area contributed by atoms with Crippen LogP contribution in [0.5, 0.6) is 0 Å². The van der Waals surface area contributed by atoms with Crippen LogP contribution in [0.4, 0.5) is 0 Å². The monoisotopic (exact) mass is 285 g/mol. The summed E-state index contributed by atoms with van der Waals surface area (Å²) in [4.78, 5) is 4.51. The smallest absolute Gasteiger partial charge is 0.264 e. The molecule has 1 aromatic heterocycles. The lowest BCUT2D eigenvalue weighted by molar-refractivity contribution is 0.205. The zero-order valence-corrected chi connectivity index (χ0v) is 12.1. The summed E-state index contributed by atoms with van der Waals surface area (Å²) in [7, 11) is -3.43. The van der Waals surface area contributed by atoms with Gasteiger partial charge in [-0.1, -0.05) is 19.1 Å². The first kappa shape index (κ1) is 13.5. The van der Waals surface area contributed by atoms with Crippen LogP contribution in [0.3, 0.4) is 0 Å². The first-order chi connectivity index (χ1) is 8.37. The van der Waals surface area contributed by atoms with E-state index in [4.69, 9.17) is 4.18 Å². The Balaban J connectivity index is 2.25. The van der Waals surface area contributed by atoms with E-state index in [-0.39, 0.29) is 5.92 Å². The maximum Gasteiger partial charge on any atom is 0.264 e. The molecule has 0 saturated heterocycles. The lowest BCUT2D eigenvalue weighted by Crippen LogP contribution is -2.20. The van der Waals surface area contributed by atoms with Gasteiger partial charge in [-0.15, -0.1) is 11.3 Å². The highest BCUT2D eigenvalue weighted by atomic mass is 32.2. The molecule has 0 fully saturated rings. The van der Waals surface area contributed by atoms with E-state index in [0.29, 0.717) is 0 Å². The van der Waals surface area contributed by atoms with E-state index in [2.05, 4.69) is 4.98 Å². The maximum atomic E-state index is 11.1. The van der Waals surface area contributed by atoms with Crippen LogP contribution in [0, 0.1) is 0 Å². The maximum absolute atomic E-state index is 11.1. The number of para-hydroxylation sites is 1. The Labute approximate surface area is 111 Å². The highest BCUT2D eigenvalue weighted by Crippen LogP contribution is 2.30. The number of hydrogen-bond acceptors (Lipinski definition) is 5. The van der Waals surface area contributed by atoms with Gasteiger partial charge in [-0.05, 0) is 19.1 Å². The van der Waals surface area contributed by atoms with Gasteiger partial charge in [0.2, 0.25) is 0 Å². The Morgan fingerprint density at radius 2 is 1.94 bits per heavy atom. The predicted molar refractivity (Wildman–Crippen MR) is 73.4 cm³/mol. The molecule has 2 atom stereocenters. The molecule has 0 bridgehead atoms. The molecule has 0 aliphatic rings. The second-order valence-electron chi connectivity index (χ2n) is 4.31. The fourth-order valence-electron chi connectivity index (χ4n) is 1.64. The molecule has 6 heteroatoms. The summed E-state index contributed by atoms with van der Waals surface area (Å²) in [6.07, 6.45) is 0.648. The van der Waals surface area contributed by atoms with Gasteiger partial charge in [0.1, 0.15) is 0 Å². The van der Waals surface area contributed by atoms with E-state index in [1.807, 2.05) is 31.2 Å². The predicted octanol–water partition coefficient (Wildman–Crippen LogP) is 2.76. The Hall–Kier alpha value is -0.980. The van der Waals surface area contributed by atoms with Crippen molar-refractivity contribution in [3.05, 3.63) is 29.3 Å². The molecular weight excluding hydrogens is 270 g/mol. The van der Waals surface area contributed by atoms with Crippen molar-refractivity contribution in [2.75, 3.05) is 6.26 Å². The van der Waals surface area contributed by atoms with E-state index in [1.165, 1.54) is 0 Å². The van der Waals surface area contributed by atoms with Crippen molar-refractivity contribution >= 4 is 31.7 Å². The molecule has 0 aliphatic heterocycles. The standard InChI is InChI=1S/C12H15NO3S2/c1-8(9(2)16-18(3,14)15)12-13-10-6-4-5-7-11(10)17-12/h4-9H,1-3H3/t8-,9-/m1/s1. The molecule has 0 aliphatic carbocycles.